The SMILES string of the molecule is CC(C)c1nccc(NCc2ccccn2)n1. The van der Waals surface area contributed by atoms with Gasteiger partial charge in [-0.2, -0.15) is 0 Å². The Morgan fingerprint density at radius 1 is 1.12 bits per heavy atom. The van der Waals surface area contributed by atoms with Crippen molar-refractivity contribution in [3.63, 3.8) is 0 Å². The van der Waals surface area contributed by atoms with Gasteiger partial charge in [0.2, 0.25) is 0 Å². The van der Waals surface area contributed by atoms with E-state index in [-0.39, 0.29) is 0 Å². The lowest BCUT2D eigenvalue weighted by atomic mass is 10.2. The third-order valence-corrected chi connectivity index (χ3v) is 2.37. The molecule has 0 unspecified atom stereocenters. The molecule has 0 saturated heterocycles. The topological polar surface area (TPSA) is 50.7 Å². The number of nitrogens with one attached hydrogen (secondary N) is 1. The maximum atomic E-state index is 4.44. The predicted octanol–water partition coefficient (Wildman–Crippen LogP) is 2.61. The Morgan fingerprint density at radius 2 is 2.00 bits per heavy atom. The highest BCUT2D eigenvalue weighted by Crippen LogP contribution is 2.11. The molecular formula is C13H16N4. The highest BCUT2D eigenvalue weighted by Gasteiger charge is 2.03. The summed E-state index contributed by atoms with van der Waals surface area (Å²) in [6, 6.07) is 7.74. The lowest BCUT2D eigenvalue weighted by Crippen LogP contribution is -2.05. The number of aromatic nitrogens is 3. The maximum absolute atomic E-state index is 4.44. The van der Waals surface area contributed by atoms with Crippen LogP contribution in [0, 0.1) is 0 Å². The number of hydrogen-bond acceptors (Lipinski definition) is 4. The Bertz CT molecular complexity index is 468. The molecule has 17 heavy (non-hydrogen) atoms. The highest BCUT2D eigenvalue weighted by molar-refractivity contribution is 5.33. The highest BCUT2D eigenvalue weighted by atomic mass is 15.0. The van der Waals surface area contributed by atoms with Crippen molar-refractivity contribution in [1.29, 1.82) is 0 Å². The van der Waals surface area contributed by atoms with E-state index in [2.05, 4.69) is 34.1 Å². The summed E-state index contributed by atoms with van der Waals surface area (Å²) in [6.07, 6.45) is 3.57. The number of hydrogen-bond donors (Lipinski definition) is 1. The molecule has 0 atom stereocenters. The molecule has 1 N–H and O–H groups in total. The normalized spacial score (nSPS) is 10.5. The molecule has 2 heterocycles. The van der Waals surface area contributed by atoms with Crippen LogP contribution in [0.1, 0.15) is 31.3 Å². The number of nitrogens with zero attached hydrogens (tertiary/aromatic N) is 3. The minimum Gasteiger partial charge on any atom is -0.364 e. The fourth-order valence-corrected chi connectivity index (χ4v) is 1.43. The standard InChI is InChI=1S/C13H16N4/c1-10(2)13-15-8-6-12(17-13)16-9-11-5-3-4-7-14-11/h3-8,10H,9H2,1-2H3,(H,15,16,17). The Morgan fingerprint density at radius 3 is 2.71 bits per heavy atom. The molecule has 88 valence electrons. The molecule has 0 fully saturated rings. The van der Waals surface area contributed by atoms with Crippen LogP contribution >= 0.6 is 0 Å². The first-order valence-electron chi connectivity index (χ1n) is 5.72. The van der Waals surface area contributed by atoms with Crippen LogP contribution in [0.15, 0.2) is 36.7 Å². The van der Waals surface area contributed by atoms with Gasteiger partial charge in [0.25, 0.3) is 0 Å². The molecule has 0 aliphatic carbocycles. The van der Waals surface area contributed by atoms with Crippen LogP contribution in [-0.2, 0) is 6.54 Å². The fraction of sp³-hybridized carbons (Fsp3) is 0.308. The summed E-state index contributed by atoms with van der Waals surface area (Å²) in [5.41, 5.74) is 0.997. The van der Waals surface area contributed by atoms with Gasteiger partial charge in [-0.15, -0.1) is 0 Å². The molecule has 4 heteroatoms. The van der Waals surface area contributed by atoms with E-state index in [4.69, 9.17) is 0 Å². The third-order valence-electron chi connectivity index (χ3n) is 2.37. The molecule has 0 aliphatic heterocycles. The predicted molar refractivity (Wildman–Crippen MR) is 67.7 cm³/mol. The smallest absolute Gasteiger partial charge is 0.133 e. The molecule has 0 saturated carbocycles. The number of anilines is 1. The van der Waals surface area contributed by atoms with Gasteiger partial charge in [-0.05, 0) is 18.2 Å². The van der Waals surface area contributed by atoms with Gasteiger partial charge in [0.15, 0.2) is 0 Å². The van der Waals surface area contributed by atoms with Crippen LogP contribution < -0.4 is 5.32 Å². The molecule has 0 aromatic carbocycles. The maximum Gasteiger partial charge on any atom is 0.133 e. The summed E-state index contributed by atoms with van der Waals surface area (Å²) in [7, 11) is 0. The molecule has 4 nitrogen and oxygen atoms in total. The summed E-state index contributed by atoms with van der Waals surface area (Å²) < 4.78 is 0. The van der Waals surface area contributed by atoms with E-state index in [1.54, 1.807) is 12.4 Å². The van der Waals surface area contributed by atoms with Crippen molar-refractivity contribution in [3.8, 4) is 0 Å². The average Bonchev–Trinajstić information content (AvgIpc) is 2.38. The van der Waals surface area contributed by atoms with Crippen molar-refractivity contribution in [1.82, 2.24) is 15.0 Å². The second-order valence-electron chi connectivity index (χ2n) is 4.13. The summed E-state index contributed by atoms with van der Waals surface area (Å²) in [5.74, 6) is 2.04. The van der Waals surface area contributed by atoms with E-state index in [9.17, 15) is 0 Å². The summed E-state index contributed by atoms with van der Waals surface area (Å²) in [6.45, 7) is 4.84. The molecule has 0 amide bonds. The molecule has 0 spiro atoms. The van der Waals surface area contributed by atoms with E-state index >= 15 is 0 Å². The van der Waals surface area contributed by atoms with E-state index in [0.29, 0.717) is 12.5 Å². The van der Waals surface area contributed by atoms with Gasteiger partial charge in [0.1, 0.15) is 11.6 Å². The van der Waals surface area contributed by atoms with E-state index in [0.717, 1.165) is 17.3 Å². The van der Waals surface area contributed by atoms with Crippen molar-refractivity contribution in [3.05, 3.63) is 48.2 Å². The van der Waals surface area contributed by atoms with Gasteiger partial charge in [0.05, 0.1) is 12.2 Å². The molecular weight excluding hydrogens is 212 g/mol. The van der Waals surface area contributed by atoms with Crippen LogP contribution in [0.2, 0.25) is 0 Å². The van der Waals surface area contributed by atoms with Crippen molar-refractivity contribution in [2.24, 2.45) is 0 Å². The molecule has 2 rings (SSSR count). The van der Waals surface area contributed by atoms with E-state index in [1.165, 1.54) is 0 Å². The first-order valence-corrected chi connectivity index (χ1v) is 5.72. The van der Waals surface area contributed by atoms with Gasteiger partial charge in [-0.25, -0.2) is 9.97 Å². The Balaban J connectivity index is 2.02. The second-order valence-corrected chi connectivity index (χ2v) is 4.13. The Labute approximate surface area is 101 Å². The summed E-state index contributed by atoms with van der Waals surface area (Å²) in [5, 5.41) is 3.24. The number of pyridine rings is 1. The zero-order valence-corrected chi connectivity index (χ0v) is 10.1. The molecule has 0 bridgehead atoms. The minimum absolute atomic E-state index is 0.339. The quantitative estimate of drug-likeness (QED) is 0.874. The van der Waals surface area contributed by atoms with Gasteiger partial charge >= 0.3 is 0 Å². The van der Waals surface area contributed by atoms with Crippen molar-refractivity contribution in [2.75, 3.05) is 5.32 Å². The van der Waals surface area contributed by atoms with Crippen molar-refractivity contribution in [2.45, 2.75) is 26.3 Å². The monoisotopic (exact) mass is 228 g/mol. The van der Waals surface area contributed by atoms with E-state index in [1.807, 2.05) is 24.3 Å². The zero-order valence-electron chi connectivity index (χ0n) is 10.1. The van der Waals surface area contributed by atoms with Crippen LogP contribution in [0.5, 0.6) is 0 Å². The van der Waals surface area contributed by atoms with Gasteiger partial charge in [-0.3, -0.25) is 4.98 Å². The lowest BCUT2D eigenvalue weighted by Gasteiger charge is -2.07. The molecule has 2 aromatic heterocycles. The van der Waals surface area contributed by atoms with Crippen LogP contribution in [0.4, 0.5) is 5.82 Å². The van der Waals surface area contributed by atoms with Crippen molar-refractivity contribution >= 4 is 5.82 Å². The number of rotatable bonds is 4. The largest absolute Gasteiger partial charge is 0.364 e. The first-order chi connectivity index (χ1) is 8.25. The van der Waals surface area contributed by atoms with Gasteiger partial charge in [0, 0.05) is 18.3 Å². The molecule has 0 aliphatic rings. The lowest BCUT2D eigenvalue weighted by molar-refractivity contribution is 0.774. The van der Waals surface area contributed by atoms with Gasteiger partial charge < -0.3 is 5.32 Å². The minimum atomic E-state index is 0.339. The molecule has 2 aromatic rings. The summed E-state index contributed by atoms with van der Waals surface area (Å²) in [4.78, 5) is 12.9. The Kier molecular flexibility index (Phi) is 3.65. The van der Waals surface area contributed by atoms with Gasteiger partial charge in [-0.1, -0.05) is 19.9 Å². The summed E-state index contributed by atoms with van der Waals surface area (Å²) >= 11 is 0. The van der Waals surface area contributed by atoms with Crippen LogP contribution in [0.25, 0.3) is 0 Å². The third kappa shape index (κ3) is 3.24. The van der Waals surface area contributed by atoms with Crippen LogP contribution in [-0.4, -0.2) is 15.0 Å². The zero-order chi connectivity index (χ0) is 12.1. The first kappa shape index (κ1) is 11.5. The fourth-order valence-electron chi connectivity index (χ4n) is 1.43. The molecule has 0 radical (unpaired) electrons. The Hall–Kier alpha value is -1.97. The second kappa shape index (κ2) is 5.39. The van der Waals surface area contributed by atoms with E-state index < -0.39 is 0 Å². The average molecular weight is 228 g/mol. The van der Waals surface area contributed by atoms with Crippen molar-refractivity contribution < 1.29 is 0 Å². The van der Waals surface area contributed by atoms with Crippen LogP contribution in [0.3, 0.4) is 0 Å².